The molecule has 0 aliphatic carbocycles. The lowest BCUT2D eigenvalue weighted by molar-refractivity contribution is -0.141. The molecule has 0 aliphatic heterocycles. The Kier molecular flexibility index (Phi) is 4.74. The standard InChI is InChI=1S/C16H10ClF4N3O2S/c17-12-7-9(1-6-13(12)18)14-8-15(16(19,20)21)23-24(14)10-2-4-11(5-3-10)27(22,25)26/h1-8H,(H2,22,25,26). The van der Waals surface area contributed by atoms with Crippen LogP contribution in [-0.4, -0.2) is 18.2 Å². The molecule has 1 heterocycles. The number of hydrogen-bond acceptors (Lipinski definition) is 3. The van der Waals surface area contributed by atoms with E-state index in [-0.39, 0.29) is 26.9 Å². The van der Waals surface area contributed by atoms with Crippen molar-refractivity contribution in [3.63, 3.8) is 0 Å². The Morgan fingerprint density at radius 3 is 2.19 bits per heavy atom. The van der Waals surface area contributed by atoms with Crippen LogP contribution in [0.15, 0.2) is 53.4 Å². The highest BCUT2D eigenvalue weighted by molar-refractivity contribution is 7.89. The molecule has 3 rings (SSSR count). The quantitative estimate of drug-likeness (QED) is 0.652. The molecule has 0 saturated heterocycles. The Morgan fingerprint density at radius 2 is 1.67 bits per heavy atom. The third-order valence-electron chi connectivity index (χ3n) is 3.62. The lowest BCUT2D eigenvalue weighted by Crippen LogP contribution is -2.12. The van der Waals surface area contributed by atoms with E-state index in [1.807, 2.05) is 0 Å². The van der Waals surface area contributed by atoms with Crippen LogP contribution >= 0.6 is 11.6 Å². The van der Waals surface area contributed by atoms with Gasteiger partial charge in [0.2, 0.25) is 10.0 Å². The van der Waals surface area contributed by atoms with Crippen molar-refractivity contribution in [2.45, 2.75) is 11.1 Å². The maximum absolute atomic E-state index is 13.4. The molecular formula is C16H10ClF4N3O2S. The average Bonchev–Trinajstić information content (AvgIpc) is 3.02. The lowest BCUT2D eigenvalue weighted by atomic mass is 10.1. The predicted molar refractivity (Wildman–Crippen MR) is 90.3 cm³/mol. The maximum atomic E-state index is 13.4. The van der Waals surface area contributed by atoms with Gasteiger partial charge in [0, 0.05) is 5.56 Å². The van der Waals surface area contributed by atoms with Gasteiger partial charge < -0.3 is 0 Å². The topological polar surface area (TPSA) is 78.0 Å². The second-order valence-electron chi connectivity index (χ2n) is 5.49. The van der Waals surface area contributed by atoms with Crippen molar-refractivity contribution in [2.75, 3.05) is 0 Å². The molecule has 0 spiro atoms. The van der Waals surface area contributed by atoms with Crippen molar-refractivity contribution >= 4 is 21.6 Å². The molecule has 0 saturated carbocycles. The minimum Gasteiger partial charge on any atom is -0.233 e. The number of primary sulfonamides is 1. The van der Waals surface area contributed by atoms with Gasteiger partial charge in [-0.05, 0) is 48.5 Å². The van der Waals surface area contributed by atoms with E-state index < -0.39 is 27.7 Å². The number of hydrogen-bond donors (Lipinski definition) is 1. The van der Waals surface area contributed by atoms with Crippen molar-refractivity contribution < 1.29 is 26.0 Å². The fourth-order valence-corrected chi connectivity index (χ4v) is 3.05. The first-order valence-electron chi connectivity index (χ1n) is 7.23. The monoisotopic (exact) mass is 419 g/mol. The highest BCUT2D eigenvalue weighted by atomic mass is 35.5. The van der Waals surface area contributed by atoms with E-state index in [2.05, 4.69) is 5.10 Å². The normalized spacial score (nSPS) is 12.4. The summed E-state index contributed by atoms with van der Waals surface area (Å²) in [4.78, 5) is -0.208. The molecule has 0 aliphatic rings. The molecule has 1 aromatic heterocycles. The fraction of sp³-hybridized carbons (Fsp3) is 0.0625. The van der Waals surface area contributed by atoms with Gasteiger partial charge in [0.1, 0.15) is 5.82 Å². The van der Waals surface area contributed by atoms with Gasteiger partial charge in [0.05, 0.1) is 21.3 Å². The summed E-state index contributed by atoms with van der Waals surface area (Å²) in [5, 5.41) is 8.29. The van der Waals surface area contributed by atoms with Crippen LogP contribution in [0.3, 0.4) is 0 Å². The molecule has 0 atom stereocenters. The molecule has 2 aromatic carbocycles. The van der Waals surface area contributed by atoms with Gasteiger partial charge in [-0.3, -0.25) is 0 Å². The van der Waals surface area contributed by atoms with Crippen LogP contribution in [-0.2, 0) is 16.2 Å². The molecule has 0 fully saturated rings. The zero-order valence-electron chi connectivity index (χ0n) is 13.2. The van der Waals surface area contributed by atoms with Crippen molar-refractivity contribution in [1.29, 1.82) is 0 Å². The Labute approximate surface area is 156 Å². The first kappa shape index (κ1) is 19.3. The Hall–Kier alpha value is -2.43. The number of halogens is 5. The van der Waals surface area contributed by atoms with Crippen molar-refractivity contribution in [2.24, 2.45) is 5.14 Å². The Morgan fingerprint density at radius 1 is 1.04 bits per heavy atom. The van der Waals surface area contributed by atoms with Crippen LogP contribution in [0.1, 0.15) is 5.69 Å². The van der Waals surface area contributed by atoms with Crippen molar-refractivity contribution in [1.82, 2.24) is 9.78 Å². The summed E-state index contributed by atoms with van der Waals surface area (Å²) in [7, 11) is -3.96. The molecule has 27 heavy (non-hydrogen) atoms. The van der Waals surface area contributed by atoms with Crippen LogP contribution in [0, 0.1) is 5.82 Å². The molecular weight excluding hydrogens is 410 g/mol. The number of aromatic nitrogens is 2. The van der Waals surface area contributed by atoms with E-state index in [0.29, 0.717) is 0 Å². The van der Waals surface area contributed by atoms with Crippen molar-refractivity contribution in [3.05, 3.63) is 65.1 Å². The predicted octanol–water partition coefficient (Wildman–Crippen LogP) is 4.00. The summed E-state index contributed by atoms with van der Waals surface area (Å²) < 4.78 is 76.4. The van der Waals surface area contributed by atoms with Gasteiger partial charge in [-0.25, -0.2) is 22.6 Å². The summed E-state index contributed by atoms with van der Waals surface area (Å²) in [5.74, 6) is -0.722. The summed E-state index contributed by atoms with van der Waals surface area (Å²) in [6, 6.07) is 9.02. The SMILES string of the molecule is NS(=O)(=O)c1ccc(-n2nc(C(F)(F)F)cc2-c2ccc(F)c(Cl)c2)cc1. The number of nitrogens with two attached hydrogens (primary N) is 1. The second-order valence-corrected chi connectivity index (χ2v) is 7.46. The summed E-state index contributed by atoms with van der Waals surface area (Å²) in [5.41, 5.74) is -0.839. The first-order chi connectivity index (χ1) is 12.5. The highest BCUT2D eigenvalue weighted by Gasteiger charge is 2.35. The van der Waals surface area contributed by atoms with Crippen LogP contribution < -0.4 is 5.14 Å². The smallest absolute Gasteiger partial charge is 0.233 e. The minimum absolute atomic E-state index is 0.00687. The van der Waals surface area contributed by atoms with Gasteiger partial charge in [0.15, 0.2) is 5.69 Å². The van der Waals surface area contributed by atoms with E-state index in [9.17, 15) is 26.0 Å². The zero-order chi connectivity index (χ0) is 20.0. The van der Waals surface area contributed by atoms with Gasteiger partial charge in [-0.1, -0.05) is 11.6 Å². The van der Waals surface area contributed by atoms with Crippen LogP contribution in [0.25, 0.3) is 16.9 Å². The largest absolute Gasteiger partial charge is 0.435 e. The third-order valence-corrected chi connectivity index (χ3v) is 4.84. The number of benzene rings is 2. The number of sulfonamides is 1. The summed E-state index contributed by atoms with van der Waals surface area (Å²) in [6.45, 7) is 0. The zero-order valence-corrected chi connectivity index (χ0v) is 14.8. The summed E-state index contributed by atoms with van der Waals surface area (Å²) in [6.07, 6.45) is -4.72. The van der Waals surface area contributed by atoms with E-state index in [0.717, 1.165) is 28.9 Å². The first-order valence-corrected chi connectivity index (χ1v) is 9.15. The number of nitrogens with zero attached hydrogens (tertiary/aromatic N) is 2. The Balaban J connectivity index is 2.19. The van der Waals surface area contributed by atoms with Crippen LogP contribution in [0.4, 0.5) is 17.6 Å². The van der Waals surface area contributed by atoms with Gasteiger partial charge in [-0.15, -0.1) is 0 Å². The molecule has 11 heteroatoms. The summed E-state index contributed by atoms with van der Waals surface area (Å²) >= 11 is 5.72. The molecule has 0 radical (unpaired) electrons. The van der Waals surface area contributed by atoms with Crippen molar-refractivity contribution in [3.8, 4) is 16.9 Å². The number of rotatable bonds is 3. The van der Waals surface area contributed by atoms with E-state index in [4.69, 9.17) is 16.7 Å². The fourth-order valence-electron chi connectivity index (χ4n) is 2.35. The number of alkyl halides is 3. The molecule has 0 unspecified atom stereocenters. The Bertz CT molecular complexity index is 1110. The lowest BCUT2D eigenvalue weighted by Gasteiger charge is -2.09. The van der Waals surface area contributed by atoms with Gasteiger partial charge in [-0.2, -0.15) is 18.3 Å². The molecule has 5 nitrogen and oxygen atoms in total. The maximum Gasteiger partial charge on any atom is 0.435 e. The molecule has 2 N–H and O–H groups in total. The molecule has 142 valence electrons. The third kappa shape index (κ3) is 3.97. The second kappa shape index (κ2) is 6.63. The van der Waals surface area contributed by atoms with Crippen LogP contribution in [0.5, 0.6) is 0 Å². The minimum atomic E-state index is -4.72. The molecule has 3 aromatic rings. The van der Waals surface area contributed by atoms with E-state index in [1.165, 1.54) is 24.3 Å². The highest BCUT2D eigenvalue weighted by Crippen LogP contribution is 2.34. The van der Waals surface area contributed by atoms with E-state index in [1.54, 1.807) is 0 Å². The van der Waals surface area contributed by atoms with Gasteiger partial charge >= 0.3 is 6.18 Å². The molecule has 0 bridgehead atoms. The van der Waals surface area contributed by atoms with E-state index >= 15 is 0 Å². The van der Waals surface area contributed by atoms with Crippen LogP contribution in [0.2, 0.25) is 5.02 Å². The molecule has 0 amide bonds. The van der Waals surface area contributed by atoms with Gasteiger partial charge in [0.25, 0.3) is 0 Å². The average molecular weight is 420 g/mol.